The van der Waals surface area contributed by atoms with E-state index >= 15 is 0 Å². The van der Waals surface area contributed by atoms with Gasteiger partial charge in [-0.2, -0.15) is 0 Å². The molecule has 0 amide bonds. The van der Waals surface area contributed by atoms with Gasteiger partial charge >= 0.3 is 0 Å². The summed E-state index contributed by atoms with van der Waals surface area (Å²) in [6.07, 6.45) is 1.45. The third-order valence-electron chi connectivity index (χ3n) is 2.88. The minimum atomic E-state index is -3.53. The summed E-state index contributed by atoms with van der Waals surface area (Å²) in [6.45, 7) is 2.09. The van der Waals surface area contributed by atoms with E-state index in [0.717, 1.165) is 5.56 Å². The van der Waals surface area contributed by atoms with E-state index in [4.69, 9.17) is 5.73 Å². The molecule has 0 bridgehead atoms. The zero-order chi connectivity index (χ0) is 13.9. The molecule has 5 nitrogen and oxygen atoms in total. The molecule has 1 aromatic heterocycles. The molecule has 1 aromatic carbocycles. The van der Waals surface area contributed by atoms with E-state index in [-0.39, 0.29) is 17.5 Å². The smallest absolute Gasteiger partial charge is 0.242 e. The van der Waals surface area contributed by atoms with Gasteiger partial charge in [0.05, 0.1) is 4.90 Å². The highest BCUT2D eigenvalue weighted by molar-refractivity contribution is 7.89. The van der Waals surface area contributed by atoms with Gasteiger partial charge in [0.1, 0.15) is 0 Å². The van der Waals surface area contributed by atoms with Crippen molar-refractivity contribution in [1.82, 2.24) is 9.71 Å². The third kappa shape index (κ3) is 3.23. The molecule has 0 radical (unpaired) electrons. The van der Waals surface area contributed by atoms with E-state index in [1.807, 2.05) is 37.3 Å². The van der Waals surface area contributed by atoms with Crippen LogP contribution in [-0.2, 0) is 16.6 Å². The number of sulfonamides is 1. The van der Waals surface area contributed by atoms with E-state index in [1.165, 1.54) is 6.20 Å². The fraction of sp³-hybridized carbons (Fsp3) is 0.231. The van der Waals surface area contributed by atoms with Crippen LogP contribution in [0.25, 0.3) is 0 Å². The zero-order valence-corrected chi connectivity index (χ0v) is 11.4. The van der Waals surface area contributed by atoms with E-state index in [2.05, 4.69) is 9.71 Å². The van der Waals surface area contributed by atoms with Gasteiger partial charge in [-0.15, -0.1) is 0 Å². The average Bonchev–Trinajstić information content (AvgIpc) is 2.89. The average molecular weight is 279 g/mol. The van der Waals surface area contributed by atoms with Gasteiger partial charge in [-0.3, -0.25) is 0 Å². The lowest BCUT2D eigenvalue weighted by atomic mass is 10.1. The minimum Gasteiger partial charge on any atom is -0.363 e. The van der Waals surface area contributed by atoms with E-state index in [9.17, 15) is 8.42 Å². The Labute approximate surface area is 112 Å². The highest BCUT2D eigenvalue weighted by atomic mass is 32.2. The van der Waals surface area contributed by atoms with E-state index in [0.29, 0.717) is 5.69 Å². The van der Waals surface area contributed by atoms with Gasteiger partial charge in [0.25, 0.3) is 0 Å². The summed E-state index contributed by atoms with van der Waals surface area (Å²) >= 11 is 0. The summed E-state index contributed by atoms with van der Waals surface area (Å²) in [4.78, 5) is 3.03. The number of aromatic amines is 1. The molecular formula is C13H17N3O2S. The molecule has 2 rings (SSSR count). The Morgan fingerprint density at radius 1 is 1.32 bits per heavy atom. The largest absolute Gasteiger partial charge is 0.363 e. The molecule has 2 aromatic rings. The van der Waals surface area contributed by atoms with Crippen LogP contribution in [-0.4, -0.2) is 13.4 Å². The molecule has 102 valence electrons. The van der Waals surface area contributed by atoms with Crippen LogP contribution in [0.5, 0.6) is 0 Å². The van der Waals surface area contributed by atoms with Crippen LogP contribution in [0.3, 0.4) is 0 Å². The van der Waals surface area contributed by atoms with Gasteiger partial charge in [-0.05, 0) is 18.6 Å². The van der Waals surface area contributed by atoms with Gasteiger partial charge in [-0.1, -0.05) is 30.3 Å². The Balaban J connectivity index is 2.17. The molecule has 6 heteroatoms. The highest BCUT2D eigenvalue weighted by Gasteiger charge is 2.19. The molecule has 0 aliphatic heterocycles. The SMILES string of the molecule is CC(NS(=O)(=O)c1c[nH]c(CN)c1)c1ccccc1. The molecular weight excluding hydrogens is 262 g/mol. The van der Waals surface area contributed by atoms with Gasteiger partial charge in [0, 0.05) is 24.5 Å². The maximum atomic E-state index is 12.2. The van der Waals surface area contributed by atoms with Crippen molar-refractivity contribution >= 4 is 10.0 Å². The number of nitrogens with two attached hydrogens (primary N) is 1. The van der Waals surface area contributed by atoms with Crippen LogP contribution in [0, 0.1) is 0 Å². The summed E-state index contributed by atoms with van der Waals surface area (Å²) in [5.41, 5.74) is 7.06. The molecule has 0 aliphatic rings. The van der Waals surface area contributed by atoms with Crippen molar-refractivity contribution < 1.29 is 8.42 Å². The second-order valence-electron chi connectivity index (χ2n) is 4.32. The van der Waals surface area contributed by atoms with E-state index < -0.39 is 10.0 Å². The standard InChI is InChI=1S/C13H17N3O2S/c1-10(11-5-3-2-4-6-11)16-19(17,18)13-7-12(8-14)15-9-13/h2-7,9-10,15-16H,8,14H2,1H3. The topological polar surface area (TPSA) is 88.0 Å². The predicted octanol–water partition coefficient (Wildman–Crippen LogP) is 1.51. The van der Waals surface area contributed by atoms with Crippen molar-refractivity contribution in [3.05, 3.63) is 53.9 Å². The number of hydrogen-bond acceptors (Lipinski definition) is 3. The first-order valence-electron chi connectivity index (χ1n) is 5.97. The summed E-state index contributed by atoms with van der Waals surface area (Å²) in [5, 5.41) is 0. The van der Waals surface area contributed by atoms with Crippen molar-refractivity contribution in [2.45, 2.75) is 24.4 Å². The normalized spacial score (nSPS) is 13.4. The van der Waals surface area contributed by atoms with E-state index in [1.54, 1.807) is 6.07 Å². The lowest BCUT2D eigenvalue weighted by molar-refractivity contribution is 0.567. The Hall–Kier alpha value is -1.63. The molecule has 0 saturated carbocycles. The minimum absolute atomic E-state index is 0.204. The Morgan fingerprint density at radius 2 is 2.00 bits per heavy atom. The summed E-state index contributed by atoms with van der Waals surface area (Å²) in [5.74, 6) is 0. The second kappa shape index (κ2) is 5.56. The molecule has 1 unspecified atom stereocenters. The number of hydrogen-bond donors (Lipinski definition) is 3. The second-order valence-corrected chi connectivity index (χ2v) is 6.03. The Morgan fingerprint density at radius 3 is 2.58 bits per heavy atom. The maximum absolute atomic E-state index is 12.2. The first kappa shape index (κ1) is 13.8. The van der Waals surface area contributed by atoms with Crippen LogP contribution < -0.4 is 10.5 Å². The quantitative estimate of drug-likeness (QED) is 0.775. The van der Waals surface area contributed by atoms with Crippen molar-refractivity contribution in [2.75, 3.05) is 0 Å². The van der Waals surface area contributed by atoms with Gasteiger partial charge in [0.2, 0.25) is 10.0 Å². The molecule has 1 atom stereocenters. The van der Waals surface area contributed by atoms with Crippen LogP contribution in [0.4, 0.5) is 0 Å². The number of rotatable bonds is 5. The van der Waals surface area contributed by atoms with Crippen molar-refractivity contribution in [1.29, 1.82) is 0 Å². The van der Waals surface area contributed by atoms with Crippen LogP contribution in [0.2, 0.25) is 0 Å². The molecule has 0 spiro atoms. The fourth-order valence-corrected chi connectivity index (χ4v) is 3.05. The highest BCUT2D eigenvalue weighted by Crippen LogP contribution is 2.17. The Kier molecular flexibility index (Phi) is 4.04. The molecule has 0 saturated heterocycles. The molecule has 1 heterocycles. The van der Waals surface area contributed by atoms with Crippen molar-refractivity contribution in [3.8, 4) is 0 Å². The summed E-state index contributed by atoms with van der Waals surface area (Å²) in [7, 11) is -3.53. The number of H-pyrrole nitrogens is 1. The van der Waals surface area contributed by atoms with Crippen molar-refractivity contribution in [3.63, 3.8) is 0 Å². The molecule has 0 fully saturated rings. The molecule has 19 heavy (non-hydrogen) atoms. The maximum Gasteiger partial charge on any atom is 0.242 e. The summed E-state index contributed by atoms with van der Waals surface area (Å²) in [6, 6.07) is 10.7. The van der Waals surface area contributed by atoms with Crippen LogP contribution in [0.15, 0.2) is 47.5 Å². The number of aromatic nitrogens is 1. The van der Waals surface area contributed by atoms with Crippen molar-refractivity contribution in [2.24, 2.45) is 5.73 Å². The van der Waals surface area contributed by atoms with Gasteiger partial charge in [0.15, 0.2) is 0 Å². The van der Waals surface area contributed by atoms with Gasteiger partial charge < -0.3 is 10.7 Å². The zero-order valence-electron chi connectivity index (χ0n) is 10.6. The Bertz CT molecular complexity index is 635. The third-order valence-corrected chi connectivity index (χ3v) is 4.40. The summed E-state index contributed by atoms with van der Waals surface area (Å²) < 4.78 is 27.0. The fourth-order valence-electron chi connectivity index (χ4n) is 1.80. The first-order chi connectivity index (χ1) is 9.03. The van der Waals surface area contributed by atoms with Crippen LogP contribution >= 0.6 is 0 Å². The lowest BCUT2D eigenvalue weighted by Crippen LogP contribution is -2.26. The monoisotopic (exact) mass is 279 g/mol. The number of nitrogens with one attached hydrogen (secondary N) is 2. The van der Waals surface area contributed by atoms with Crippen LogP contribution in [0.1, 0.15) is 24.2 Å². The first-order valence-corrected chi connectivity index (χ1v) is 7.46. The molecule has 0 aliphatic carbocycles. The predicted molar refractivity (Wildman–Crippen MR) is 73.9 cm³/mol. The number of benzene rings is 1. The molecule has 4 N–H and O–H groups in total. The lowest BCUT2D eigenvalue weighted by Gasteiger charge is -2.13. The van der Waals surface area contributed by atoms with Gasteiger partial charge in [-0.25, -0.2) is 13.1 Å².